The van der Waals surface area contributed by atoms with Crippen LogP contribution in [0, 0.1) is 5.82 Å². The smallest absolute Gasteiger partial charge is 0.303 e. The van der Waals surface area contributed by atoms with Crippen LogP contribution in [0.4, 0.5) is 4.39 Å². The zero-order chi connectivity index (χ0) is 11.3. The second kappa shape index (κ2) is 5.49. The Balaban J connectivity index is 2.78. The van der Waals surface area contributed by atoms with Crippen molar-refractivity contribution in [1.82, 2.24) is 0 Å². The maximum Gasteiger partial charge on any atom is 0.303 e. The van der Waals surface area contributed by atoms with E-state index in [1.54, 1.807) is 12.1 Å². The van der Waals surface area contributed by atoms with Crippen molar-refractivity contribution in [3.63, 3.8) is 0 Å². The van der Waals surface area contributed by atoms with Gasteiger partial charge < -0.3 is 5.11 Å². The number of aliphatic carboxylic acids is 1. The molecule has 82 valence electrons. The predicted molar refractivity (Wildman–Crippen MR) is 56.3 cm³/mol. The highest BCUT2D eigenvalue weighted by Gasteiger charge is 2.14. The van der Waals surface area contributed by atoms with Crippen molar-refractivity contribution in [2.24, 2.45) is 0 Å². The van der Waals surface area contributed by atoms with Crippen LogP contribution in [0.15, 0.2) is 24.3 Å². The molecule has 1 N–H and O–H groups in total. The van der Waals surface area contributed by atoms with Crippen molar-refractivity contribution in [1.29, 1.82) is 0 Å². The molecular weight excluding hydrogens is 195 g/mol. The van der Waals surface area contributed by atoms with Crippen molar-refractivity contribution in [2.75, 3.05) is 0 Å². The van der Waals surface area contributed by atoms with Gasteiger partial charge in [-0.1, -0.05) is 25.5 Å². The number of hydrogen-bond donors (Lipinski definition) is 1. The van der Waals surface area contributed by atoms with E-state index in [9.17, 15) is 9.18 Å². The Morgan fingerprint density at radius 1 is 1.40 bits per heavy atom. The molecule has 0 radical (unpaired) electrons. The maximum atomic E-state index is 12.7. The first-order valence-electron chi connectivity index (χ1n) is 5.10. The summed E-state index contributed by atoms with van der Waals surface area (Å²) in [5.74, 6) is -1.10. The molecule has 0 aliphatic heterocycles. The molecule has 1 atom stereocenters. The van der Waals surface area contributed by atoms with Crippen LogP contribution in [0.5, 0.6) is 0 Å². The minimum atomic E-state index is -0.808. The molecule has 0 saturated carbocycles. The third-order valence-corrected chi connectivity index (χ3v) is 2.40. The number of halogens is 1. The Labute approximate surface area is 88.7 Å². The normalized spacial score (nSPS) is 12.4. The lowest BCUT2D eigenvalue weighted by atomic mass is 9.91. The van der Waals surface area contributed by atoms with Crippen molar-refractivity contribution in [3.8, 4) is 0 Å². The van der Waals surface area contributed by atoms with E-state index in [4.69, 9.17) is 5.11 Å². The molecule has 0 fully saturated rings. The average molecular weight is 210 g/mol. The van der Waals surface area contributed by atoms with Gasteiger partial charge >= 0.3 is 5.97 Å². The Bertz CT molecular complexity index is 319. The molecule has 0 aromatic heterocycles. The van der Waals surface area contributed by atoms with E-state index in [-0.39, 0.29) is 18.2 Å². The minimum absolute atomic E-state index is 0.00639. The first-order chi connectivity index (χ1) is 7.13. The highest BCUT2D eigenvalue weighted by atomic mass is 19.1. The molecule has 1 aromatic rings. The van der Waals surface area contributed by atoms with Crippen molar-refractivity contribution < 1.29 is 14.3 Å². The third kappa shape index (κ3) is 3.70. The lowest BCUT2D eigenvalue weighted by Gasteiger charge is -2.13. The maximum absolute atomic E-state index is 12.7. The van der Waals surface area contributed by atoms with Crippen LogP contribution in [-0.4, -0.2) is 11.1 Å². The Kier molecular flexibility index (Phi) is 4.28. The van der Waals surface area contributed by atoms with Crippen LogP contribution in [0.1, 0.15) is 37.7 Å². The van der Waals surface area contributed by atoms with Crippen molar-refractivity contribution in [2.45, 2.75) is 32.1 Å². The quantitative estimate of drug-likeness (QED) is 0.810. The van der Waals surface area contributed by atoms with Gasteiger partial charge in [-0.25, -0.2) is 4.39 Å². The monoisotopic (exact) mass is 210 g/mol. The van der Waals surface area contributed by atoms with Gasteiger partial charge in [-0.05, 0) is 30.0 Å². The molecule has 0 unspecified atom stereocenters. The van der Waals surface area contributed by atoms with E-state index in [1.807, 2.05) is 6.92 Å². The topological polar surface area (TPSA) is 37.3 Å². The van der Waals surface area contributed by atoms with Gasteiger partial charge in [0.2, 0.25) is 0 Å². The van der Waals surface area contributed by atoms with Gasteiger partial charge in [0.25, 0.3) is 0 Å². The lowest BCUT2D eigenvalue weighted by molar-refractivity contribution is -0.137. The Morgan fingerprint density at radius 2 is 2.00 bits per heavy atom. The van der Waals surface area contributed by atoms with Gasteiger partial charge in [-0.3, -0.25) is 4.79 Å². The van der Waals surface area contributed by atoms with Crippen LogP contribution in [0.3, 0.4) is 0 Å². The SMILES string of the molecule is CCC[C@@H](CC(=O)O)c1ccc(F)cc1. The van der Waals surface area contributed by atoms with E-state index in [1.165, 1.54) is 12.1 Å². The van der Waals surface area contributed by atoms with Gasteiger partial charge in [0.05, 0.1) is 6.42 Å². The van der Waals surface area contributed by atoms with Gasteiger partial charge in [-0.15, -0.1) is 0 Å². The van der Waals surface area contributed by atoms with Crippen molar-refractivity contribution in [3.05, 3.63) is 35.6 Å². The molecule has 0 aliphatic rings. The first kappa shape index (κ1) is 11.7. The second-order valence-corrected chi connectivity index (χ2v) is 3.64. The fourth-order valence-corrected chi connectivity index (χ4v) is 1.68. The number of carboxylic acids is 1. The number of benzene rings is 1. The van der Waals surface area contributed by atoms with Gasteiger partial charge in [-0.2, -0.15) is 0 Å². The molecule has 15 heavy (non-hydrogen) atoms. The van der Waals surface area contributed by atoms with E-state index < -0.39 is 5.97 Å². The van der Waals surface area contributed by atoms with Crippen molar-refractivity contribution >= 4 is 5.97 Å². The summed E-state index contributed by atoms with van der Waals surface area (Å²) in [6.07, 6.45) is 1.85. The molecule has 0 heterocycles. The third-order valence-electron chi connectivity index (χ3n) is 2.40. The van der Waals surface area contributed by atoms with E-state index in [0.717, 1.165) is 18.4 Å². The summed E-state index contributed by atoms with van der Waals surface area (Å²) < 4.78 is 12.7. The fraction of sp³-hybridized carbons (Fsp3) is 0.417. The highest BCUT2D eigenvalue weighted by molar-refractivity contribution is 5.68. The Hall–Kier alpha value is -1.38. The highest BCUT2D eigenvalue weighted by Crippen LogP contribution is 2.24. The number of carboxylic acid groups (broad SMARTS) is 1. The molecule has 2 nitrogen and oxygen atoms in total. The summed E-state index contributed by atoms with van der Waals surface area (Å²) in [5.41, 5.74) is 0.903. The van der Waals surface area contributed by atoms with Crippen LogP contribution < -0.4 is 0 Å². The summed E-state index contributed by atoms with van der Waals surface area (Å²) >= 11 is 0. The number of hydrogen-bond acceptors (Lipinski definition) is 1. The molecule has 1 rings (SSSR count). The van der Waals surface area contributed by atoms with Crippen LogP contribution in [0.2, 0.25) is 0 Å². The second-order valence-electron chi connectivity index (χ2n) is 3.64. The van der Waals surface area contributed by atoms with E-state index in [2.05, 4.69) is 0 Å². The standard InChI is InChI=1S/C12H15FO2/c1-2-3-10(8-12(14)15)9-4-6-11(13)7-5-9/h4-7,10H,2-3,8H2,1H3,(H,14,15)/t10-/m0/s1. The molecule has 1 aromatic carbocycles. The summed E-state index contributed by atoms with van der Waals surface area (Å²) in [7, 11) is 0. The zero-order valence-electron chi connectivity index (χ0n) is 8.74. The molecule has 0 aliphatic carbocycles. The van der Waals surface area contributed by atoms with Crippen LogP contribution >= 0.6 is 0 Å². The fourth-order valence-electron chi connectivity index (χ4n) is 1.68. The molecule has 3 heteroatoms. The number of carbonyl (C=O) groups is 1. The van der Waals surface area contributed by atoms with E-state index in [0.29, 0.717) is 0 Å². The number of rotatable bonds is 5. The molecule has 0 spiro atoms. The first-order valence-corrected chi connectivity index (χ1v) is 5.10. The summed E-state index contributed by atoms with van der Waals surface area (Å²) in [4.78, 5) is 10.7. The van der Waals surface area contributed by atoms with Crippen LogP contribution in [0.25, 0.3) is 0 Å². The molecule has 0 saturated heterocycles. The van der Waals surface area contributed by atoms with Gasteiger partial charge in [0.15, 0.2) is 0 Å². The summed E-state index contributed by atoms with van der Waals surface area (Å²) in [6.45, 7) is 2.01. The Morgan fingerprint density at radius 3 is 2.47 bits per heavy atom. The van der Waals surface area contributed by atoms with Gasteiger partial charge in [0, 0.05) is 0 Å². The predicted octanol–water partition coefficient (Wildman–Crippen LogP) is 3.18. The van der Waals surface area contributed by atoms with Crippen LogP contribution in [-0.2, 0) is 4.79 Å². The van der Waals surface area contributed by atoms with Gasteiger partial charge in [0.1, 0.15) is 5.82 Å². The summed E-state index contributed by atoms with van der Waals surface area (Å²) in [6, 6.07) is 6.08. The van der Waals surface area contributed by atoms with E-state index >= 15 is 0 Å². The largest absolute Gasteiger partial charge is 0.481 e. The molecular formula is C12H15FO2. The lowest BCUT2D eigenvalue weighted by Crippen LogP contribution is -2.06. The molecule has 0 bridgehead atoms. The zero-order valence-corrected chi connectivity index (χ0v) is 8.74. The minimum Gasteiger partial charge on any atom is -0.481 e. The summed E-state index contributed by atoms with van der Waals surface area (Å²) in [5, 5.41) is 8.75. The average Bonchev–Trinajstić information content (AvgIpc) is 2.17. The molecule has 0 amide bonds.